The van der Waals surface area contributed by atoms with Crippen LogP contribution in [0.2, 0.25) is 0 Å². The van der Waals surface area contributed by atoms with Gasteiger partial charge < -0.3 is 14.5 Å². The fourth-order valence-electron chi connectivity index (χ4n) is 4.11. The lowest BCUT2D eigenvalue weighted by molar-refractivity contribution is -0.140. The standard InChI is InChI=1S/C19H29N3O2/c1-2-24-13-12-21-11-5-8-19(15-21)9-7-18(23)22(16-19)14-17-6-3-4-10-20-17/h3-4,6,10H,2,5,7-9,11-16H2,1H3/t19-/m1/s1. The van der Waals surface area contributed by atoms with Crippen molar-refractivity contribution < 1.29 is 9.53 Å². The van der Waals surface area contributed by atoms with Crippen molar-refractivity contribution in [1.82, 2.24) is 14.8 Å². The zero-order valence-corrected chi connectivity index (χ0v) is 14.7. The minimum atomic E-state index is 0.257. The molecule has 1 aromatic heterocycles. The molecular formula is C19H29N3O2. The molecule has 5 heteroatoms. The van der Waals surface area contributed by atoms with Gasteiger partial charge in [-0.3, -0.25) is 9.78 Å². The van der Waals surface area contributed by atoms with Crippen LogP contribution >= 0.6 is 0 Å². The highest BCUT2D eigenvalue weighted by Crippen LogP contribution is 2.39. The van der Waals surface area contributed by atoms with E-state index in [1.807, 2.05) is 30.0 Å². The molecule has 132 valence electrons. The van der Waals surface area contributed by atoms with E-state index < -0.39 is 0 Å². The van der Waals surface area contributed by atoms with Crippen LogP contribution < -0.4 is 0 Å². The average molecular weight is 331 g/mol. The van der Waals surface area contributed by atoms with Gasteiger partial charge in [-0.25, -0.2) is 0 Å². The van der Waals surface area contributed by atoms with Crippen LogP contribution in [0.3, 0.4) is 0 Å². The molecule has 2 saturated heterocycles. The lowest BCUT2D eigenvalue weighted by Gasteiger charge is -2.48. The Bertz CT molecular complexity index is 537. The summed E-state index contributed by atoms with van der Waals surface area (Å²) in [6, 6.07) is 5.91. The van der Waals surface area contributed by atoms with Gasteiger partial charge in [-0.1, -0.05) is 6.07 Å². The highest BCUT2D eigenvalue weighted by molar-refractivity contribution is 5.77. The molecule has 0 aromatic carbocycles. The number of nitrogens with zero attached hydrogens (tertiary/aromatic N) is 3. The summed E-state index contributed by atoms with van der Waals surface area (Å²) in [7, 11) is 0. The molecule has 1 atom stereocenters. The highest BCUT2D eigenvalue weighted by atomic mass is 16.5. The first kappa shape index (κ1) is 17.4. The molecule has 3 heterocycles. The lowest BCUT2D eigenvalue weighted by Crippen LogP contribution is -2.54. The molecule has 1 amide bonds. The Morgan fingerprint density at radius 1 is 1.29 bits per heavy atom. The largest absolute Gasteiger partial charge is 0.380 e. The number of amides is 1. The Morgan fingerprint density at radius 2 is 2.21 bits per heavy atom. The van der Waals surface area contributed by atoms with E-state index in [1.54, 1.807) is 6.20 Å². The Labute approximate surface area is 145 Å². The van der Waals surface area contributed by atoms with Crippen molar-refractivity contribution in [2.24, 2.45) is 5.41 Å². The third-order valence-electron chi connectivity index (χ3n) is 5.32. The van der Waals surface area contributed by atoms with Crippen LogP contribution in [-0.4, -0.2) is 60.1 Å². The van der Waals surface area contributed by atoms with Gasteiger partial charge >= 0.3 is 0 Å². The van der Waals surface area contributed by atoms with Gasteiger partial charge in [0.05, 0.1) is 18.8 Å². The summed E-state index contributed by atoms with van der Waals surface area (Å²) in [5, 5.41) is 0. The fraction of sp³-hybridized carbons (Fsp3) is 0.684. The number of aromatic nitrogens is 1. The van der Waals surface area contributed by atoms with E-state index in [-0.39, 0.29) is 11.3 Å². The number of rotatable bonds is 6. The van der Waals surface area contributed by atoms with Gasteiger partial charge in [0.25, 0.3) is 0 Å². The van der Waals surface area contributed by atoms with Gasteiger partial charge in [-0.05, 0) is 44.9 Å². The maximum Gasteiger partial charge on any atom is 0.222 e. The number of piperidine rings is 2. The van der Waals surface area contributed by atoms with Gasteiger partial charge in [-0.15, -0.1) is 0 Å². The first-order chi connectivity index (χ1) is 11.7. The molecule has 2 fully saturated rings. The molecule has 1 spiro atoms. The van der Waals surface area contributed by atoms with Crippen molar-refractivity contribution in [2.45, 2.75) is 39.2 Å². The topological polar surface area (TPSA) is 45.7 Å². The molecular weight excluding hydrogens is 302 g/mol. The Morgan fingerprint density at radius 3 is 3.00 bits per heavy atom. The molecule has 2 aliphatic rings. The number of likely N-dealkylation sites (tertiary alicyclic amines) is 2. The van der Waals surface area contributed by atoms with E-state index in [0.29, 0.717) is 13.0 Å². The molecule has 2 aliphatic heterocycles. The summed E-state index contributed by atoms with van der Waals surface area (Å²) >= 11 is 0. The first-order valence-corrected chi connectivity index (χ1v) is 9.19. The molecule has 0 unspecified atom stereocenters. The minimum absolute atomic E-state index is 0.257. The number of hydrogen-bond donors (Lipinski definition) is 0. The van der Waals surface area contributed by atoms with E-state index in [9.17, 15) is 4.79 Å². The molecule has 0 N–H and O–H groups in total. The maximum absolute atomic E-state index is 12.4. The van der Waals surface area contributed by atoms with Crippen molar-refractivity contribution in [1.29, 1.82) is 0 Å². The van der Waals surface area contributed by atoms with E-state index in [0.717, 1.165) is 51.5 Å². The molecule has 0 radical (unpaired) electrons. The highest BCUT2D eigenvalue weighted by Gasteiger charge is 2.41. The van der Waals surface area contributed by atoms with Crippen LogP contribution in [0.25, 0.3) is 0 Å². The summed E-state index contributed by atoms with van der Waals surface area (Å²) < 4.78 is 5.51. The second kappa shape index (κ2) is 8.08. The minimum Gasteiger partial charge on any atom is -0.380 e. The second-order valence-corrected chi connectivity index (χ2v) is 7.15. The number of carbonyl (C=O) groups excluding carboxylic acids is 1. The van der Waals surface area contributed by atoms with Crippen molar-refractivity contribution in [3.8, 4) is 0 Å². The number of hydrogen-bond acceptors (Lipinski definition) is 4. The SMILES string of the molecule is CCOCCN1CCC[C@@]2(CCC(=O)N(Cc3ccccn3)C2)C1. The third kappa shape index (κ3) is 4.33. The van der Waals surface area contributed by atoms with Gasteiger partial charge in [0.2, 0.25) is 5.91 Å². The summed E-state index contributed by atoms with van der Waals surface area (Å²) in [6.07, 6.45) is 5.94. The van der Waals surface area contributed by atoms with Crippen LogP contribution in [0.5, 0.6) is 0 Å². The van der Waals surface area contributed by atoms with Crippen molar-refractivity contribution in [3.63, 3.8) is 0 Å². The molecule has 3 rings (SSSR count). The van der Waals surface area contributed by atoms with Crippen LogP contribution in [0.15, 0.2) is 24.4 Å². The lowest BCUT2D eigenvalue weighted by atomic mass is 9.73. The second-order valence-electron chi connectivity index (χ2n) is 7.15. The monoisotopic (exact) mass is 331 g/mol. The van der Waals surface area contributed by atoms with Gasteiger partial charge in [0, 0.05) is 44.3 Å². The summed E-state index contributed by atoms with van der Waals surface area (Å²) in [5.74, 6) is 0.276. The van der Waals surface area contributed by atoms with Crippen molar-refractivity contribution in [3.05, 3.63) is 30.1 Å². The van der Waals surface area contributed by atoms with E-state index >= 15 is 0 Å². The molecule has 1 aromatic rings. The van der Waals surface area contributed by atoms with Crippen LogP contribution in [0.4, 0.5) is 0 Å². The molecule has 24 heavy (non-hydrogen) atoms. The number of ether oxygens (including phenoxy) is 1. The quantitative estimate of drug-likeness (QED) is 0.751. The summed E-state index contributed by atoms with van der Waals surface area (Å²) in [4.78, 5) is 21.3. The van der Waals surface area contributed by atoms with Crippen molar-refractivity contribution in [2.75, 3.05) is 39.4 Å². The number of carbonyl (C=O) groups is 1. The number of pyridine rings is 1. The van der Waals surface area contributed by atoms with Crippen LogP contribution in [-0.2, 0) is 16.1 Å². The Hall–Kier alpha value is -1.46. The maximum atomic E-state index is 12.4. The fourth-order valence-corrected chi connectivity index (χ4v) is 4.11. The molecule has 0 aliphatic carbocycles. The van der Waals surface area contributed by atoms with Crippen LogP contribution in [0, 0.1) is 5.41 Å². The van der Waals surface area contributed by atoms with E-state index in [4.69, 9.17) is 4.74 Å². The summed E-state index contributed by atoms with van der Waals surface area (Å²) in [5.41, 5.74) is 1.24. The van der Waals surface area contributed by atoms with Gasteiger partial charge in [0.15, 0.2) is 0 Å². The van der Waals surface area contributed by atoms with Gasteiger partial charge in [0.1, 0.15) is 0 Å². The third-order valence-corrected chi connectivity index (χ3v) is 5.32. The smallest absolute Gasteiger partial charge is 0.222 e. The predicted molar refractivity (Wildman–Crippen MR) is 93.5 cm³/mol. The molecule has 0 saturated carbocycles. The van der Waals surface area contributed by atoms with Crippen LogP contribution in [0.1, 0.15) is 38.3 Å². The zero-order chi connectivity index (χ0) is 16.8. The van der Waals surface area contributed by atoms with E-state index in [2.05, 4.69) is 9.88 Å². The molecule has 0 bridgehead atoms. The van der Waals surface area contributed by atoms with Crippen molar-refractivity contribution >= 4 is 5.91 Å². The first-order valence-electron chi connectivity index (χ1n) is 9.19. The Balaban J connectivity index is 1.61. The molecule has 5 nitrogen and oxygen atoms in total. The normalized spacial score (nSPS) is 25.4. The van der Waals surface area contributed by atoms with Gasteiger partial charge in [-0.2, -0.15) is 0 Å². The van der Waals surface area contributed by atoms with E-state index in [1.165, 1.54) is 12.8 Å². The summed E-state index contributed by atoms with van der Waals surface area (Å²) in [6.45, 7) is 8.39. The predicted octanol–water partition coefficient (Wildman–Crippen LogP) is 2.32. The Kier molecular flexibility index (Phi) is 5.85. The zero-order valence-electron chi connectivity index (χ0n) is 14.7. The average Bonchev–Trinajstić information content (AvgIpc) is 2.60.